The summed E-state index contributed by atoms with van der Waals surface area (Å²) in [6.07, 6.45) is 3.84. The number of fused-ring (bicyclic) bond motifs is 1. The zero-order chi connectivity index (χ0) is 28.1. The van der Waals surface area contributed by atoms with E-state index in [4.69, 9.17) is 9.72 Å². The molecule has 0 N–H and O–H groups in total. The van der Waals surface area contributed by atoms with Crippen molar-refractivity contribution in [2.75, 3.05) is 31.2 Å². The second-order valence-electron chi connectivity index (χ2n) is 11.2. The summed E-state index contributed by atoms with van der Waals surface area (Å²) in [7, 11) is 1.89. The van der Waals surface area contributed by atoms with E-state index >= 15 is 0 Å². The molecule has 1 unspecified atom stereocenters. The number of amides is 1. The lowest BCUT2D eigenvalue weighted by molar-refractivity contribution is 0.0198. The van der Waals surface area contributed by atoms with Gasteiger partial charge in [0.25, 0.3) is 5.91 Å². The van der Waals surface area contributed by atoms with E-state index in [1.54, 1.807) is 11.2 Å². The highest BCUT2D eigenvalue weighted by Crippen LogP contribution is 2.43. The van der Waals surface area contributed by atoms with Crippen LogP contribution >= 0.6 is 0 Å². The molecule has 3 aliphatic rings. The number of ether oxygens (including phenoxy) is 1. The summed E-state index contributed by atoms with van der Waals surface area (Å²) >= 11 is 0. The largest absolute Gasteiger partial charge is 0.379 e. The Morgan fingerprint density at radius 2 is 1.85 bits per heavy atom. The first-order chi connectivity index (χ1) is 20.0. The van der Waals surface area contributed by atoms with Crippen molar-refractivity contribution in [2.24, 2.45) is 7.05 Å². The summed E-state index contributed by atoms with van der Waals surface area (Å²) in [6.45, 7) is 5.96. The van der Waals surface area contributed by atoms with Crippen molar-refractivity contribution < 1.29 is 9.53 Å². The van der Waals surface area contributed by atoms with Crippen LogP contribution in [0.2, 0.25) is 0 Å². The van der Waals surface area contributed by atoms with Crippen LogP contribution < -0.4 is 4.90 Å². The molecule has 1 amide bonds. The molecule has 2 aromatic heterocycles. The van der Waals surface area contributed by atoms with E-state index < -0.39 is 0 Å². The van der Waals surface area contributed by atoms with Crippen LogP contribution in [-0.2, 0) is 18.3 Å². The Balaban J connectivity index is 1.26. The predicted molar refractivity (Wildman–Crippen MR) is 154 cm³/mol. The first-order valence-electron chi connectivity index (χ1n) is 14.2. The number of hydrogen-bond donors (Lipinski definition) is 0. The number of benzene rings is 2. The monoisotopic (exact) mass is 545 g/mol. The lowest BCUT2D eigenvalue weighted by Gasteiger charge is -2.32. The van der Waals surface area contributed by atoms with Crippen LogP contribution in [0.15, 0.2) is 54.9 Å². The number of carbonyl (C=O) groups excluding carboxylic acids is 1. The third-order valence-corrected chi connectivity index (χ3v) is 8.53. The molecule has 4 aromatic rings. The van der Waals surface area contributed by atoms with Crippen molar-refractivity contribution in [3.05, 3.63) is 82.8 Å². The highest BCUT2D eigenvalue weighted by Gasteiger charge is 2.33. The summed E-state index contributed by atoms with van der Waals surface area (Å²) in [5.41, 5.74) is 7.16. The summed E-state index contributed by atoms with van der Waals surface area (Å²) in [6, 6.07) is 18.5. The molecular weight excluding hydrogens is 514 g/mol. The van der Waals surface area contributed by atoms with Gasteiger partial charge in [-0.25, -0.2) is 4.98 Å². The average molecular weight is 546 g/mol. The number of morpholine rings is 1. The van der Waals surface area contributed by atoms with Crippen LogP contribution in [0.25, 0.3) is 22.5 Å². The molecule has 9 heteroatoms. The summed E-state index contributed by atoms with van der Waals surface area (Å²) in [5.74, 6) is 1.71. The predicted octanol–water partition coefficient (Wildman–Crippen LogP) is 4.85. The van der Waals surface area contributed by atoms with Crippen LogP contribution in [0, 0.1) is 11.3 Å². The van der Waals surface area contributed by atoms with Crippen LogP contribution in [0.4, 0.5) is 5.82 Å². The molecule has 0 radical (unpaired) electrons. The first kappa shape index (κ1) is 25.6. The molecule has 4 heterocycles. The zero-order valence-electron chi connectivity index (χ0n) is 23.2. The van der Waals surface area contributed by atoms with Crippen LogP contribution in [-0.4, -0.2) is 56.9 Å². The van der Waals surface area contributed by atoms with Crippen LogP contribution in [0.3, 0.4) is 0 Å². The van der Waals surface area contributed by atoms with Crippen molar-refractivity contribution in [3.8, 4) is 28.6 Å². The molecule has 9 nitrogen and oxygen atoms in total. The summed E-state index contributed by atoms with van der Waals surface area (Å²) < 4.78 is 7.37. The lowest BCUT2D eigenvalue weighted by Crippen LogP contribution is -2.38. The second kappa shape index (κ2) is 10.2. The van der Waals surface area contributed by atoms with E-state index in [-0.39, 0.29) is 11.9 Å². The molecular formula is C32H31N7O2. The molecule has 2 aromatic carbocycles. The van der Waals surface area contributed by atoms with Crippen molar-refractivity contribution in [1.29, 1.82) is 5.26 Å². The Morgan fingerprint density at radius 3 is 2.59 bits per heavy atom. The Morgan fingerprint density at radius 1 is 1.02 bits per heavy atom. The van der Waals surface area contributed by atoms with Crippen molar-refractivity contribution in [3.63, 3.8) is 0 Å². The number of nitrogens with zero attached hydrogens (tertiary/aromatic N) is 7. The van der Waals surface area contributed by atoms with Crippen LogP contribution in [0.5, 0.6) is 0 Å². The van der Waals surface area contributed by atoms with E-state index in [0.717, 1.165) is 78.2 Å². The van der Waals surface area contributed by atoms with E-state index in [1.165, 1.54) is 0 Å². The first-order valence-corrected chi connectivity index (χ1v) is 14.2. The van der Waals surface area contributed by atoms with E-state index in [9.17, 15) is 10.1 Å². The van der Waals surface area contributed by atoms with Gasteiger partial charge in [0.05, 0.1) is 31.4 Å². The Bertz CT molecular complexity index is 1690. The minimum atomic E-state index is -0.0178. The van der Waals surface area contributed by atoms with Gasteiger partial charge in [-0.15, -0.1) is 10.2 Å². The molecule has 1 saturated heterocycles. The van der Waals surface area contributed by atoms with Gasteiger partial charge >= 0.3 is 0 Å². The van der Waals surface area contributed by atoms with Gasteiger partial charge in [-0.1, -0.05) is 18.2 Å². The molecule has 0 spiro atoms. The molecule has 41 heavy (non-hydrogen) atoms. The molecule has 0 bridgehead atoms. The highest BCUT2D eigenvalue weighted by atomic mass is 16.5. The summed E-state index contributed by atoms with van der Waals surface area (Å²) in [5, 5.41) is 18.0. The fourth-order valence-corrected chi connectivity index (χ4v) is 5.94. The number of pyridine rings is 1. The minimum absolute atomic E-state index is 0.0178. The fourth-order valence-electron chi connectivity index (χ4n) is 5.94. The SMILES string of the molecule is CC(c1ccc2c(c1)C(=O)N(c1cc(-c3ccc(C#N)cc3-c3nncn3C)cc(C3CC3)n1)C2)N1CCOCC1. The van der Waals surface area contributed by atoms with Gasteiger partial charge in [0.2, 0.25) is 0 Å². The Hall–Kier alpha value is -4.39. The maximum atomic E-state index is 13.9. The van der Waals surface area contributed by atoms with Crippen molar-refractivity contribution >= 4 is 11.7 Å². The Kier molecular flexibility index (Phi) is 6.37. The smallest absolute Gasteiger partial charge is 0.260 e. The topological polar surface area (TPSA) is 100 Å². The molecule has 1 atom stereocenters. The van der Waals surface area contributed by atoms with Gasteiger partial charge in [-0.05, 0) is 72.4 Å². The number of aryl methyl sites for hydroxylation is 1. The van der Waals surface area contributed by atoms with Gasteiger partial charge in [-0.3, -0.25) is 14.6 Å². The third kappa shape index (κ3) is 4.69. The van der Waals surface area contributed by atoms with Gasteiger partial charge in [0.1, 0.15) is 12.1 Å². The molecule has 206 valence electrons. The number of nitriles is 1. The maximum absolute atomic E-state index is 13.9. The number of aromatic nitrogens is 4. The van der Waals surface area contributed by atoms with Gasteiger partial charge in [-0.2, -0.15) is 5.26 Å². The van der Waals surface area contributed by atoms with Gasteiger partial charge in [0, 0.05) is 48.9 Å². The number of anilines is 1. The minimum Gasteiger partial charge on any atom is -0.379 e. The normalized spacial score (nSPS) is 17.9. The van der Waals surface area contributed by atoms with Gasteiger partial charge in [0.15, 0.2) is 5.82 Å². The number of rotatable bonds is 6. The van der Waals surface area contributed by atoms with E-state index in [2.05, 4.69) is 52.4 Å². The third-order valence-electron chi connectivity index (χ3n) is 8.53. The van der Waals surface area contributed by atoms with Crippen molar-refractivity contribution in [1.82, 2.24) is 24.6 Å². The molecule has 1 aliphatic carbocycles. The maximum Gasteiger partial charge on any atom is 0.260 e. The summed E-state index contributed by atoms with van der Waals surface area (Å²) in [4.78, 5) is 23.1. The quantitative estimate of drug-likeness (QED) is 0.342. The second-order valence-corrected chi connectivity index (χ2v) is 11.2. The molecule has 1 saturated carbocycles. The van der Waals surface area contributed by atoms with Crippen LogP contribution in [0.1, 0.15) is 64.5 Å². The standard InChI is InChI=1S/C32H31N7O2/c1-20(38-9-11-41-12-10-38)23-6-7-24-18-39(32(40)27(24)14-23)30-16-25(15-29(35-30)22-4-5-22)26-8-3-21(17-33)13-28(26)31-36-34-19-37(31)2/h3,6-8,13-16,19-20,22H,4-5,9-12,18H2,1-2H3. The molecule has 7 rings (SSSR count). The number of carbonyl (C=O) groups is 1. The van der Waals surface area contributed by atoms with Gasteiger partial charge < -0.3 is 9.30 Å². The van der Waals surface area contributed by atoms with Crippen molar-refractivity contribution in [2.45, 2.75) is 38.3 Å². The number of hydrogen-bond acceptors (Lipinski definition) is 7. The highest BCUT2D eigenvalue weighted by molar-refractivity contribution is 6.10. The fraction of sp³-hybridized carbons (Fsp3) is 0.344. The lowest BCUT2D eigenvalue weighted by atomic mass is 9.96. The average Bonchev–Trinajstić information content (AvgIpc) is 3.70. The Labute approximate surface area is 239 Å². The molecule has 2 fully saturated rings. The zero-order valence-corrected chi connectivity index (χ0v) is 23.2. The molecule has 2 aliphatic heterocycles. The van der Waals surface area contributed by atoms with E-state index in [1.807, 2.05) is 35.9 Å². The van der Waals surface area contributed by atoms with E-state index in [0.29, 0.717) is 29.7 Å².